The van der Waals surface area contributed by atoms with Crippen molar-refractivity contribution in [1.82, 2.24) is 4.90 Å². The normalized spacial score (nSPS) is 12.6. The van der Waals surface area contributed by atoms with E-state index in [0.717, 1.165) is 41.8 Å². The summed E-state index contributed by atoms with van der Waals surface area (Å²) in [4.78, 5) is 14.7. The summed E-state index contributed by atoms with van der Waals surface area (Å²) in [6.07, 6.45) is 0.995. The van der Waals surface area contributed by atoms with E-state index in [2.05, 4.69) is 36.7 Å². The quantitative estimate of drug-likeness (QED) is 0.248. The van der Waals surface area contributed by atoms with Crippen molar-refractivity contribution in [2.24, 2.45) is 0 Å². The van der Waals surface area contributed by atoms with Crippen LogP contribution in [0.5, 0.6) is 5.75 Å². The first-order chi connectivity index (χ1) is 16.9. The van der Waals surface area contributed by atoms with Crippen molar-refractivity contribution in [2.75, 3.05) is 19.6 Å². The van der Waals surface area contributed by atoms with Crippen molar-refractivity contribution in [1.29, 1.82) is 0 Å². The number of halogens is 1. The number of benzene rings is 3. The van der Waals surface area contributed by atoms with E-state index < -0.39 is 6.10 Å². The molecule has 4 nitrogen and oxygen atoms in total. The molecule has 35 heavy (non-hydrogen) atoms. The smallest absolute Gasteiger partial charge is 0.162 e. The molecule has 3 aromatic carbocycles. The van der Waals surface area contributed by atoms with Gasteiger partial charge in [-0.1, -0.05) is 73.7 Å². The number of rotatable bonds is 8. The van der Waals surface area contributed by atoms with Gasteiger partial charge in [-0.2, -0.15) is 0 Å². The van der Waals surface area contributed by atoms with Gasteiger partial charge in [-0.15, -0.1) is 0 Å². The van der Waals surface area contributed by atoms with Gasteiger partial charge in [0.1, 0.15) is 5.75 Å². The summed E-state index contributed by atoms with van der Waals surface area (Å²) in [5.74, 6) is 6.23. The number of Topliss-reactive ketones (excluding diaryl/α,β-unsaturated/α-hetero) is 1. The number of carbonyl (C=O) groups excluding carboxylic acids is 1. The third kappa shape index (κ3) is 5.60. The molecule has 0 spiro atoms. The number of likely N-dealkylation sites (N-methyl/N-ethyl adjacent to an activating group) is 1. The monoisotopic (exact) mass is 487 g/mol. The van der Waals surface area contributed by atoms with Crippen molar-refractivity contribution in [3.63, 3.8) is 0 Å². The van der Waals surface area contributed by atoms with E-state index >= 15 is 0 Å². The van der Waals surface area contributed by atoms with Crippen LogP contribution in [0.1, 0.15) is 59.3 Å². The molecule has 180 valence electrons. The average Bonchev–Trinajstić information content (AvgIpc) is 3.24. The van der Waals surface area contributed by atoms with Crippen LogP contribution in [0.3, 0.4) is 0 Å². The predicted octanol–water partition coefficient (Wildman–Crippen LogP) is 5.68. The van der Waals surface area contributed by atoms with Crippen molar-refractivity contribution in [3.05, 3.63) is 87.4 Å². The van der Waals surface area contributed by atoms with Gasteiger partial charge in [0.15, 0.2) is 5.78 Å². The number of ketones is 1. The molecular weight excluding hydrogens is 458 g/mol. The van der Waals surface area contributed by atoms with Crippen LogP contribution in [0.25, 0.3) is 11.1 Å². The van der Waals surface area contributed by atoms with Gasteiger partial charge in [-0.3, -0.25) is 4.79 Å². The molecule has 2 N–H and O–H groups in total. The summed E-state index contributed by atoms with van der Waals surface area (Å²) in [6, 6.07) is 17.1. The number of hydrogen-bond acceptors (Lipinski definition) is 4. The summed E-state index contributed by atoms with van der Waals surface area (Å²) < 4.78 is 0. The van der Waals surface area contributed by atoms with E-state index in [9.17, 15) is 15.0 Å². The molecule has 0 fully saturated rings. The second-order valence-corrected chi connectivity index (χ2v) is 9.29. The summed E-state index contributed by atoms with van der Waals surface area (Å²) in [5, 5.41) is 21.2. The van der Waals surface area contributed by atoms with Crippen LogP contribution < -0.4 is 0 Å². The predicted molar refractivity (Wildman–Crippen MR) is 141 cm³/mol. The molecule has 1 aliphatic rings. The van der Waals surface area contributed by atoms with E-state index in [1.54, 1.807) is 12.1 Å². The molecule has 0 radical (unpaired) electrons. The van der Waals surface area contributed by atoms with Crippen LogP contribution in [0.4, 0.5) is 0 Å². The van der Waals surface area contributed by atoms with Crippen molar-refractivity contribution in [3.8, 4) is 28.7 Å². The molecule has 0 saturated carbocycles. The van der Waals surface area contributed by atoms with Gasteiger partial charge in [-0.05, 0) is 60.8 Å². The highest BCUT2D eigenvalue weighted by atomic mass is 35.5. The summed E-state index contributed by atoms with van der Waals surface area (Å²) in [7, 11) is 0. The lowest BCUT2D eigenvalue weighted by Gasteiger charge is -2.21. The molecule has 0 aromatic heterocycles. The van der Waals surface area contributed by atoms with Gasteiger partial charge in [0.2, 0.25) is 0 Å². The summed E-state index contributed by atoms with van der Waals surface area (Å²) >= 11 is 6.30. The van der Waals surface area contributed by atoms with Crippen LogP contribution in [0, 0.1) is 11.8 Å². The highest BCUT2D eigenvalue weighted by Crippen LogP contribution is 2.44. The van der Waals surface area contributed by atoms with Crippen LogP contribution in [-0.2, 0) is 6.42 Å². The Morgan fingerprint density at radius 1 is 1.06 bits per heavy atom. The molecule has 3 aromatic rings. The number of phenols is 1. The second-order valence-electron chi connectivity index (χ2n) is 8.88. The minimum absolute atomic E-state index is 0.00465. The van der Waals surface area contributed by atoms with Crippen molar-refractivity contribution in [2.45, 2.75) is 39.2 Å². The largest absolute Gasteiger partial charge is 0.505 e. The number of aliphatic hydroxyl groups is 1. The number of fused-ring (bicyclic) bond motifs is 3. The summed E-state index contributed by atoms with van der Waals surface area (Å²) in [5.41, 5.74) is 6.13. The molecule has 1 atom stereocenters. The van der Waals surface area contributed by atoms with Crippen molar-refractivity contribution < 1.29 is 15.0 Å². The Kier molecular flexibility index (Phi) is 7.93. The Balaban J connectivity index is 1.48. The SMILES string of the molecule is CCN(CC)CC(O)CCC(=O)c1ccc(C#Cc2c(O)c(Cl)cc3c2-c2ccccc2C3)cc1. The van der Waals surface area contributed by atoms with Gasteiger partial charge >= 0.3 is 0 Å². The van der Waals surface area contributed by atoms with E-state index in [4.69, 9.17) is 11.6 Å². The molecule has 0 aliphatic heterocycles. The van der Waals surface area contributed by atoms with Gasteiger partial charge in [0.05, 0.1) is 16.7 Å². The van der Waals surface area contributed by atoms with E-state index in [1.165, 1.54) is 5.56 Å². The maximum absolute atomic E-state index is 12.6. The lowest BCUT2D eigenvalue weighted by Crippen LogP contribution is -2.32. The van der Waals surface area contributed by atoms with Crippen LogP contribution in [0.2, 0.25) is 5.02 Å². The number of aliphatic hydroxyl groups excluding tert-OH is 1. The van der Waals surface area contributed by atoms with Gasteiger partial charge in [-0.25, -0.2) is 0 Å². The molecule has 0 saturated heterocycles. The maximum atomic E-state index is 12.6. The standard InChI is InChI=1S/C30H30ClNO3/c1-3-32(4-2)19-24(33)14-16-28(34)21-12-9-20(10-13-21)11-15-26-29-23(18-27(31)30(26)35)17-22-7-5-6-8-25(22)29/h5-10,12-13,18,24,33,35H,3-4,14,16-17,19H2,1-2H3. The minimum Gasteiger partial charge on any atom is -0.505 e. The van der Waals surface area contributed by atoms with E-state index in [0.29, 0.717) is 35.5 Å². The first kappa shape index (κ1) is 25.0. The topological polar surface area (TPSA) is 60.8 Å². The van der Waals surface area contributed by atoms with E-state index in [1.807, 2.05) is 36.4 Å². The summed E-state index contributed by atoms with van der Waals surface area (Å²) in [6.45, 7) is 6.47. The van der Waals surface area contributed by atoms with Crippen LogP contribution >= 0.6 is 11.6 Å². The Morgan fingerprint density at radius 2 is 1.77 bits per heavy atom. The lowest BCUT2D eigenvalue weighted by atomic mass is 9.98. The zero-order valence-electron chi connectivity index (χ0n) is 20.1. The molecule has 1 aliphatic carbocycles. The minimum atomic E-state index is -0.513. The molecular formula is C30H30ClNO3. The molecule has 0 bridgehead atoms. The fourth-order valence-corrected chi connectivity index (χ4v) is 4.80. The first-order valence-corrected chi connectivity index (χ1v) is 12.5. The number of nitrogens with zero attached hydrogens (tertiary/aromatic N) is 1. The Bertz CT molecular complexity index is 1280. The molecule has 0 heterocycles. The van der Waals surface area contributed by atoms with Crippen LogP contribution in [0.15, 0.2) is 54.6 Å². The Labute approximate surface area is 212 Å². The van der Waals surface area contributed by atoms with E-state index in [-0.39, 0.29) is 11.5 Å². The number of aromatic hydroxyl groups is 1. The fourth-order valence-electron chi connectivity index (χ4n) is 4.57. The number of hydrogen-bond donors (Lipinski definition) is 2. The highest BCUT2D eigenvalue weighted by Gasteiger charge is 2.24. The Hall–Kier alpha value is -3.10. The highest BCUT2D eigenvalue weighted by molar-refractivity contribution is 6.32. The average molecular weight is 488 g/mol. The third-order valence-corrected chi connectivity index (χ3v) is 6.90. The third-order valence-electron chi connectivity index (χ3n) is 6.61. The van der Waals surface area contributed by atoms with Crippen molar-refractivity contribution >= 4 is 17.4 Å². The Morgan fingerprint density at radius 3 is 2.49 bits per heavy atom. The zero-order valence-corrected chi connectivity index (χ0v) is 20.9. The maximum Gasteiger partial charge on any atom is 0.162 e. The first-order valence-electron chi connectivity index (χ1n) is 12.1. The molecule has 0 amide bonds. The van der Waals surface area contributed by atoms with Gasteiger partial charge in [0, 0.05) is 29.7 Å². The molecule has 4 rings (SSSR count). The molecule has 5 heteroatoms. The van der Waals surface area contributed by atoms with Crippen LogP contribution in [-0.4, -0.2) is 46.6 Å². The molecule has 1 unspecified atom stereocenters. The fraction of sp³-hybridized carbons (Fsp3) is 0.300. The van der Waals surface area contributed by atoms with Gasteiger partial charge < -0.3 is 15.1 Å². The second kappa shape index (κ2) is 11.1. The zero-order chi connectivity index (χ0) is 24.9. The number of carbonyl (C=O) groups is 1. The lowest BCUT2D eigenvalue weighted by molar-refractivity contribution is 0.0877. The van der Waals surface area contributed by atoms with Gasteiger partial charge in [0.25, 0.3) is 0 Å². The number of phenolic OH excluding ortho intramolecular Hbond substituents is 1.